The van der Waals surface area contributed by atoms with Crippen molar-refractivity contribution in [2.75, 3.05) is 0 Å². The van der Waals surface area contributed by atoms with Crippen molar-refractivity contribution in [1.82, 2.24) is 0 Å². The third-order valence-corrected chi connectivity index (χ3v) is 27.7. The molecule has 612 valence electrons. The molecule has 0 heterocycles. The average Bonchev–Trinajstić information content (AvgIpc) is 0.731. The molecule has 0 unspecified atom stereocenters. The van der Waals surface area contributed by atoms with Gasteiger partial charge in [-0.3, -0.25) is 0 Å². The van der Waals surface area contributed by atoms with Gasteiger partial charge in [0.15, 0.2) is 0 Å². The lowest BCUT2D eigenvalue weighted by molar-refractivity contribution is 1.66. The van der Waals surface area contributed by atoms with Gasteiger partial charge < -0.3 is 0 Å². The van der Waals surface area contributed by atoms with E-state index in [1.807, 2.05) is 0 Å². The molecule has 0 aliphatic carbocycles. The summed E-state index contributed by atoms with van der Waals surface area (Å²) in [5.74, 6) is 0. The maximum Gasteiger partial charge on any atom is -0.00201 e. The maximum absolute atomic E-state index is 2.39. The first kappa shape index (κ1) is 77.2. The van der Waals surface area contributed by atoms with Crippen LogP contribution in [0.4, 0.5) is 0 Å². The molecule has 27 aromatic rings. The summed E-state index contributed by atoms with van der Waals surface area (Å²) in [6.07, 6.45) is 0. The molecule has 0 N–H and O–H groups in total. The van der Waals surface area contributed by atoms with Gasteiger partial charge >= 0.3 is 0 Å². The normalized spacial score (nSPS) is 11.6. The quantitative estimate of drug-likeness (QED) is 0.126. The van der Waals surface area contributed by atoms with E-state index in [0.717, 1.165) is 0 Å². The minimum absolute atomic E-state index is 1.23. The summed E-state index contributed by atoms with van der Waals surface area (Å²) in [5, 5.41) is 38.1. The topological polar surface area (TPSA) is 0 Å². The molecule has 132 heavy (non-hydrogen) atoms. The molecular weight excluding hydrogens is 1590 g/mol. The van der Waals surface area contributed by atoms with E-state index >= 15 is 0 Å². The Bertz CT molecular complexity index is 8960. The first-order valence-corrected chi connectivity index (χ1v) is 45.8. The van der Waals surface area contributed by atoms with E-state index in [1.165, 1.54) is 262 Å². The van der Waals surface area contributed by atoms with E-state index < -0.39 is 0 Å². The third kappa shape index (κ3) is 13.3. The molecule has 0 spiro atoms. The van der Waals surface area contributed by atoms with Crippen LogP contribution in [0.1, 0.15) is 0 Å². The fourth-order valence-corrected chi connectivity index (χ4v) is 21.7. The summed E-state index contributed by atoms with van der Waals surface area (Å²) < 4.78 is 0. The zero-order chi connectivity index (χ0) is 87.1. The van der Waals surface area contributed by atoms with Crippen LogP contribution in [0.15, 0.2) is 510 Å². The average molecular weight is 1670 g/mol. The second-order valence-electron chi connectivity index (χ2n) is 35.0. The second kappa shape index (κ2) is 32.6. The van der Waals surface area contributed by atoms with Crippen LogP contribution < -0.4 is 0 Å². The van der Waals surface area contributed by atoms with Gasteiger partial charge in [-0.1, -0.05) is 479 Å². The summed E-state index contributed by atoms with van der Waals surface area (Å²) in [7, 11) is 0. The Kier molecular flexibility index (Phi) is 19.1. The van der Waals surface area contributed by atoms with Crippen LogP contribution in [0.25, 0.3) is 262 Å². The van der Waals surface area contributed by atoms with Crippen molar-refractivity contribution in [3.05, 3.63) is 510 Å². The smallest absolute Gasteiger partial charge is 0.00201 e. The van der Waals surface area contributed by atoms with Crippen molar-refractivity contribution in [3.8, 4) is 100 Å². The fraction of sp³-hybridized carbons (Fsp3) is 0. The lowest BCUT2D eigenvalue weighted by Gasteiger charge is -2.20. The molecule has 0 amide bonds. The largest absolute Gasteiger partial charge is 0.0616 e. The van der Waals surface area contributed by atoms with Crippen molar-refractivity contribution in [2.24, 2.45) is 0 Å². The Balaban J connectivity index is 0.000000106. The molecule has 0 aromatic heterocycles. The van der Waals surface area contributed by atoms with Gasteiger partial charge in [-0.2, -0.15) is 0 Å². The van der Waals surface area contributed by atoms with E-state index in [9.17, 15) is 0 Å². The SMILES string of the molecule is c1ccc2cc(-c3ccc(-c4c5ccccc5c(-c5cccc6ccccc56)c5ccccc45)c4ccccc34)ccc2c1.c1ccc2cc(-c3ccc4c(-c5c6ccccc6c(-c6cccc7ccccc67)c6ccccc56)cccc4c3)ccc2c1.c1ccc2cc(-c3ccc4cccc(-c5c6ccccc6c(-c6cccc7ccccc67)c6ccccc56)c4c3)ccc2c1. The third-order valence-electron chi connectivity index (χ3n) is 27.7. The zero-order valence-corrected chi connectivity index (χ0v) is 72.5. The molecule has 0 saturated heterocycles. The molecule has 27 aromatic carbocycles. The van der Waals surface area contributed by atoms with Gasteiger partial charge in [-0.05, 0) is 292 Å². The molecule has 0 fully saturated rings. The van der Waals surface area contributed by atoms with E-state index in [1.54, 1.807) is 0 Å². The molecular formula is C132H84. The van der Waals surface area contributed by atoms with Crippen LogP contribution in [0.3, 0.4) is 0 Å². The van der Waals surface area contributed by atoms with Crippen LogP contribution in [0.2, 0.25) is 0 Å². The van der Waals surface area contributed by atoms with E-state index in [0.29, 0.717) is 0 Å². The molecule has 0 bridgehead atoms. The minimum atomic E-state index is 1.23. The number of rotatable bonds is 9. The molecule has 27 rings (SSSR count). The number of hydrogen-bond acceptors (Lipinski definition) is 0. The highest BCUT2D eigenvalue weighted by Crippen LogP contribution is 2.53. The van der Waals surface area contributed by atoms with Crippen molar-refractivity contribution in [1.29, 1.82) is 0 Å². The lowest BCUT2D eigenvalue weighted by atomic mass is 9.83. The van der Waals surface area contributed by atoms with E-state index in [4.69, 9.17) is 0 Å². The fourth-order valence-electron chi connectivity index (χ4n) is 21.7. The molecule has 0 nitrogen and oxygen atoms in total. The van der Waals surface area contributed by atoms with E-state index in [2.05, 4.69) is 510 Å². The Morgan fingerprint density at radius 2 is 0.258 bits per heavy atom. The van der Waals surface area contributed by atoms with Crippen molar-refractivity contribution < 1.29 is 0 Å². The summed E-state index contributed by atoms with van der Waals surface area (Å²) in [6.45, 7) is 0. The van der Waals surface area contributed by atoms with Gasteiger partial charge in [-0.25, -0.2) is 0 Å². The highest BCUT2D eigenvalue weighted by atomic mass is 14.3. The first-order chi connectivity index (χ1) is 65.5. The number of benzene rings is 27. The minimum Gasteiger partial charge on any atom is -0.0616 e. The van der Waals surface area contributed by atoms with E-state index in [-0.39, 0.29) is 0 Å². The Labute approximate surface area is 765 Å². The van der Waals surface area contributed by atoms with Crippen LogP contribution in [-0.4, -0.2) is 0 Å². The Hall–Kier alpha value is -17.2. The van der Waals surface area contributed by atoms with Crippen LogP contribution in [-0.2, 0) is 0 Å². The molecule has 0 radical (unpaired) electrons. The van der Waals surface area contributed by atoms with Crippen LogP contribution in [0, 0.1) is 0 Å². The van der Waals surface area contributed by atoms with Gasteiger partial charge in [0.25, 0.3) is 0 Å². The first-order valence-electron chi connectivity index (χ1n) is 45.8. The monoisotopic (exact) mass is 1670 g/mol. The summed E-state index contributed by atoms with van der Waals surface area (Å²) in [5.41, 5.74) is 22.9. The molecule has 0 aliphatic heterocycles. The highest BCUT2D eigenvalue weighted by molar-refractivity contribution is 6.30. The second-order valence-corrected chi connectivity index (χ2v) is 35.0. The van der Waals surface area contributed by atoms with Gasteiger partial charge in [0.2, 0.25) is 0 Å². The Morgan fingerprint density at radius 1 is 0.0758 bits per heavy atom. The van der Waals surface area contributed by atoms with Gasteiger partial charge in [0, 0.05) is 0 Å². The van der Waals surface area contributed by atoms with Gasteiger partial charge in [-0.15, -0.1) is 0 Å². The lowest BCUT2D eigenvalue weighted by Crippen LogP contribution is -1.93. The van der Waals surface area contributed by atoms with Gasteiger partial charge in [0.05, 0.1) is 0 Å². The van der Waals surface area contributed by atoms with Crippen molar-refractivity contribution in [3.63, 3.8) is 0 Å². The van der Waals surface area contributed by atoms with Gasteiger partial charge in [0.1, 0.15) is 0 Å². The standard InChI is InChI=1S/3C44H28/c1-2-13-32-27-33(25-23-29(32)11-1)34-26-24-31-15-10-22-41(42(31)28-34)44-39-19-7-5-17-37(39)43(38-18-6-8-20-40(38)44)36-21-9-14-30-12-3-4-16-35(30)36;1-2-13-31-27-32(24-23-29(31)11-1)33-25-26-36-34(28-33)15-10-22-38(36)44-41-19-7-5-17-39(41)43(40-18-6-8-20-42(40)44)37-21-9-14-30-12-3-4-16-35(30)37;1-2-14-31-28-32(25-24-29(31)12-1)34-26-27-42(36-18-6-5-17-35(34)36)44-40-21-9-7-19-38(40)43(39-20-8-10-22-41(39)44)37-23-11-15-30-13-3-4-16-33(30)37/h3*1-28H. The highest BCUT2D eigenvalue weighted by Gasteiger charge is 2.25. The predicted octanol–water partition coefficient (Wildman–Crippen LogP) is 37.4. The predicted molar refractivity (Wildman–Crippen MR) is 571 cm³/mol. The number of fused-ring (bicyclic) bond motifs is 15. The number of hydrogen-bond donors (Lipinski definition) is 0. The molecule has 0 heteroatoms. The summed E-state index contributed by atoms with van der Waals surface area (Å²) in [6, 6.07) is 187. The van der Waals surface area contributed by atoms with Crippen LogP contribution >= 0.6 is 0 Å². The van der Waals surface area contributed by atoms with Crippen molar-refractivity contribution in [2.45, 2.75) is 0 Å². The maximum atomic E-state index is 2.39. The summed E-state index contributed by atoms with van der Waals surface area (Å²) >= 11 is 0. The molecule has 0 atom stereocenters. The molecule has 0 aliphatic rings. The molecule has 0 saturated carbocycles. The van der Waals surface area contributed by atoms with Crippen molar-refractivity contribution >= 4 is 162 Å². The summed E-state index contributed by atoms with van der Waals surface area (Å²) in [4.78, 5) is 0. The Morgan fingerprint density at radius 3 is 0.583 bits per heavy atom. The zero-order valence-electron chi connectivity index (χ0n) is 72.5. The van der Waals surface area contributed by atoms with Crippen LogP contribution in [0.5, 0.6) is 0 Å².